The Morgan fingerprint density at radius 1 is 1.06 bits per heavy atom. The minimum absolute atomic E-state index is 0.274. The van der Waals surface area contributed by atoms with Crippen molar-refractivity contribution in [2.24, 2.45) is 5.73 Å². The molecule has 1 unspecified atom stereocenters. The van der Waals surface area contributed by atoms with Gasteiger partial charge in [-0.2, -0.15) is 0 Å². The van der Waals surface area contributed by atoms with Gasteiger partial charge in [-0.25, -0.2) is 4.39 Å². The van der Waals surface area contributed by atoms with Gasteiger partial charge in [0.2, 0.25) is 0 Å². The van der Waals surface area contributed by atoms with Gasteiger partial charge in [0, 0.05) is 3.57 Å². The van der Waals surface area contributed by atoms with Crippen LogP contribution in [0.4, 0.5) is 4.39 Å². The monoisotopic (exact) mass is 395 g/mol. The van der Waals surface area contributed by atoms with Crippen molar-refractivity contribution in [3.8, 4) is 0 Å². The number of nitrogens with two attached hydrogens (primary N) is 1. The van der Waals surface area contributed by atoms with Crippen LogP contribution in [-0.4, -0.2) is 0 Å². The molecule has 2 rings (SSSR count). The molecule has 1 atom stereocenters. The molecule has 2 aromatic carbocycles. The fourth-order valence-corrected chi connectivity index (χ4v) is 2.76. The number of benzene rings is 2. The smallest absolute Gasteiger partial charge is 0.124 e. The predicted octanol–water partition coefficient (Wildman–Crippen LogP) is 4.79. The third kappa shape index (κ3) is 2.96. The Balaban J connectivity index is 2.41. The summed E-state index contributed by atoms with van der Waals surface area (Å²) in [5.41, 5.74) is 7.86. The standard InChI is InChI=1S/C13H9Cl2FIN/c14-10-4-1-7(5-11(10)15)13(18)9-3-2-8(16)6-12(9)17/h1-6,13H,18H2. The Hall–Kier alpha value is -0.360. The molecular weight excluding hydrogens is 387 g/mol. The predicted molar refractivity (Wildman–Crippen MR) is 81.6 cm³/mol. The molecule has 0 bridgehead atoms. The summed E-state index contributed by atoms with van der Waals surface area (Å²) in [7, 11) is 0. The molecule has 0 amide bonds. The molecule has 0 aromatic heterocycles. The van der Waals surface area contributed by atoms with Gasteiger partial charge in [0.1, 0.15) is 5.82 Å². The Morgan fingerprint density at radius 2 is 1.78 bits per heavy atom. The van der Waals surface area contributed by atoms with Gasteiger partial charge in [0.15, 0.2) is 0 Å². The largest absolute Gasteiger partial charge is 0.320 e. The summed E-state index contributed by atoms with van der Waals surface area (Å²) in [6.45, 7) is 0. The number of hydrogen-bond acceptors (Lipinski definition) is 1. The Morgan fingerprint density at radius 3 is 2.39 bits per heavy atom. The van der Waals surface area contributed by atoms with Crippen LogP contribution in [0.2, 0.25) is 10.0 Å². The van der Waals surface area contributed by atoms with Crippen molar-refractivity contribution in [2.45, 2.75) is 6.04 Å². The van der Waals surface area contributed by atoms with E-state index in [1.165, 1.54) is 12.1 Å². The Labute approximate surface area is 128 Å². The Kier molecular flexibility index (Phi) is 4.48. The van der Waals surface area contributed by atoms with Gasteiger partial charge in [-0.05, 0) is 58.0 Å². The lowest BCUT2D eigenvalue weighted by Gasteiger charge is -2.15. The van der Waals surface area contributed by atoms with E-state index < -0.39 is 0 Å². The van der Waals surface area contributed by atoms with Gasteiger partial charge < -0.3 is 5.73 Å². The normalized spacial score (nSPS) is 12.5. The Bertz CT molecular complexity index is 589. The zero-order valence-corrected chi connectivity index (χ0v) is 12.8. The van der Waals surface area contributed by atoms with E-state index in [-0.39, 0.29) is 11.9 Å². The van der Waals surface area contributed by atoms with Crippen LogP contribution in [0.15, 0.2) is 36.4 Å². The fraction of sp³-hybridized carbons (Fsp3) is 0.0769. The fourth-order valence-electron chi connectivity index (χ4n) is 1.64. The third-order valence-corrected chi connectivity index (χ3v) is 4.27. The average molecular weight is 396 g/mol. The highest BCUT2D eigenvalue weighted by Gasteiger charge is 2.13. The molecule has 5 heteroatoms. The molecule has 0 heterocycles. The first-order valence-electron chi connectivity index (χ1n) is 5.14. The van der Waals surface area contributed by atoms with Gasteiger partial charge in [-0.1, -0.05) is 35.3 Å². The third-order valence-electron chi connectivity index (χ3n) is 2.60. The number of hydrogen-bond donors (Lipinski definition) is 1. The SMILES string of the molecule is NC(c1ccc(Cl)c(Cl)c1)c1ccc(F)cc1I. The molecule has 2 aromatic rings. The zero-order valence-electron chi connectivity index (χ0n) is 9.13. The average Bonchev–Trinajstić information content (AvgIpc) is 2.32. The minimum atomic E-state index is -0.354. The summed E-state index contributed by atoms with van der Waals surface area (Å²) in [5, 5.41) is 0.947. The molecule has 2 N–H and O–H groups in total. The van der Waals surface area contributed by atoms with E-state index in [1.807, 2.05) is 6.07 Å². The number of rotatable bonds is 2. The topological polar surface area (TPSA) is 26.0 Å². The molecule has 0 aliphatic rings. The van der Waals surface area contributed by atoms with E-state index in [2.05, 4.69) is 22.6 Å². The van der Waals surface area contributed by atoms with Crippen LogP contribution in [-0.2, 0) is 0 Å². The zero-order chi connectivity index (χ0) is 13.3. The maximum Gasteiger partial charge on any atom is 0.124 e. The highest BCUT2D eigenvalue weighted by Crippen LogP contribution is 2.29. The molecule has 0 aliphatic heterocycles. The first kappa shape index (κ1) is 14.1. The van der Waals surface area contributed by atoms with E-state index in [9.17, 15) is 4.39 Å². The molecule has 0 fully saturated rings. The van der Waals surface area contributed by atoms with Gasteiger partial charge >= 0.3 is 0 Å². The van der Waals surface area contributed by atoms with E-state index in [4.69, 9.17) is 28.9 Å². The molecule has 0 radical (unpaired) electrons. The van der Waals surface area contributed by atoms with Crippen LogP contribution in [0.3, 0.4) is 0 Å². The van der Waals surface area contributed by atoms with Crippen LogP contribution in [0, 0.1) is 9.39 Å². The molecule has 0 aliphatic carbocycles. The van der Waals surface area contributed by atoms with Crippen molar-refractivity contribution >= 4 is 45.8 Å². The highest BCUT2D eigenvalue weighted by molar-refractivity contribution is 14.1. The van der Waals surface area contributed by atoms with Crippen LogP contribution >= 0.6 is 45.8 Å². The first-order valence-corrected chi connectivity index (χ1v) is 6.98. The summed E-state index contributed by atoms with van der Waals surface area (Å²) >= 11 is 13.9. The number of halogens is 4. The quantitative estimate of drug-likeness (QED) is 0.727. The minimum Gasteiger partial charge on any atom is -0.320 e. The highest BCUT2D eigenvalue weighted by atomic mass is 127. The van der Waals surface area contributed by atoms with Gasteiger partial charge in [-0.15, -0.1) is 0 Å². The summed E-state index contributed by atoms with van der Waals surface area (Å²) in [4.78, 5) is 0. The van der Waals surface area contributed by atoms with Crippen molar-refractivity contribution in [2.75, 3.05) is 0 Å². The van der Waals surface area contributed by atoms with E-state index in [1.54, 1.807) is 18.2 Å². The lowest BCUT2D eigenvalue weighted by atomic mass is 10.00. The summed E-state index contributed by atoms with van der Waals surface area (Å²) in [6.07, 6.45) is 0. The van der Waals surface area contributed by atoms with Crippen molar-refractivity contribution < 1.29 is 4.39 Å². The molecule has 18 heavy (non-hydrogen) atoms. The first-order chi connectivity index (χ1) is 8.49. The van der Waals surface area contributed by atoms with E-state index in [0.29, 0.717) is 10.0 Å². The van der Waals surface area contributed by atoms with Crippen LogP contribution in [0.5, 0.6) is 0 Å². The van der Waals surface area contributed by atoms with Crippen molar-refractivity contribution in [3.05, 3.63) is 67.0 Å². The summed E-state index contributed by atoms with van der Waals surface area (Å²) in [5.74, 6) is -0.274. The maximum atomic E-state index is 13.0. The molecule has 0 saturated heterocycles. The molecular formula is C13H9Cl2FIN. The van der Waals surface area contributed by atoms with Gasteiger partial charge in [0.05, 0.1) is 16.1 Å². The van der Waals surface area contributed by atoms with Gasteiger partial charge in [-0.3, -0.25) is 0 Å². The molecule has 1 nitrogen and oxygen atoms in total. The van der Waals surface area contributed by atoms with Crippen LogP contribution in [0.1, 0.15) is 17.2 Å². The molecule has 0 saturated carbocycles. The van der Waals surface area contributed by atoms with Crippen molar-refractivity contribution in [1.29, 1.82) is 0 Å². The molecule has 94 valence electrons. The van der Waals surface area contributed by atoms with E-state index in [0.717, 1.165) is 14.7 Å². The second kappa shape index (κ2) is 5.74. The van der Waals surface area contributed by atoms with Crippen LogP contribution < -0.4 is 5.73 Å². The van der Waals surface area contributed by atoms with Crippen LogP contribution in [0.25, 0.3) is 0 Å². The lowest BCUT2D eigenvalue weighted by molar-refractivity contribution is 0.625. The van der Waals surface area contributed by atoms with Crippen molar-refractivity contribution in [3.63, 3.8) is 0 Å². The summed E-state index contributed by atoms with van der Waals surface area (Å²) < 4.78 is 13.8. The van der Waals surface area contributed by atoms with Gasteiger partial charge in [0.25, 0.3) is 0 Å². The molecule has 0 spiro atoms. The van der Waals surface area contributed by atoms with E-state index >= 15 is 0 Å². The lowest BCUT2D eigenvalue weighted by Crippen LogP contribution is -2.13. The maximum absolute atomic E-state index is 13.0. The second-order valence-electron chi connectivity index (χ2n) is 3.82. The second-order valence-corrected chi connectivity index (χ2v) is 5.79. The summed E-state index contributed by atoms with van der Waals surface area (Å²) in [6, 6.07) is 9.43. The van der Waals surface area contributed by atoms with Crippen molar-refractivity contribution in [1.82, 2.24) is 0 Å².